The van der Waals surface area contributed by atoms with E-state index in [1.807, 2.05) is 55.1 Å². The van der Waals surface area contributed by atoms with Gasteiger partial charge in [-0.25, -0.2) is 9.07 Å². The predicted molar refractivity (Wildman–Crippen MR) is 113 cm³/mol. The highest BCUT2D eigenvalue weighted by Gasteiger charge is 2.27. The predicted octanol–water partition coefficient (Wildman–Crippen LogP) is 3.32. The average Bonchev–Trinajstić information content (AvgIpc) is 3.15. The van der Waals surface area contributed by atoms with Gasteiger partial charge < -0.3 is 10.1 Å². The normalized spacial score (nSPS) is 17.1. The van der Waals surface area contributed by atoms with Crippen LogP contribution < -0.4 is 10.1 Å². The van der Waals surface area contributed by atoms with Crippen molar-refractivity contribution in [2.24, 2.45) is 0 Å². The van der Waals surface area contributed by atoms with E-state index in [4.69, 9.17) is 9.84 Å². The molecular weight excluding hydrogens is 383 g/mol. The van der Waals surface area contributed by atoms with Crippen molar-refractivity contribution in [1.82, 2.24) is 20.0 Å². The zero-order chi connectivity index (χ0) is 21.3. The number of piperazine rings is 1. The fourth-order valence-electron chi connectivity index (χ4n) is 3.79. The molecule has 1 amide bonds. The summed E-state index contributed by atoms with van der Waals surface area (Å²) in [5.41, 5.74) is 4.35. The van der Waals surface area contributed by atoms with Crippen LogP contribution >= 0.6 is 0 Å². The molecular formula is C23H25FN4O2. The molecule has 0 bridgehead atoms. The maximum absolute atomic E-state index is 14.4. The van der Waals surface area contributed by atoms with Gasteiger partial charge >= 0.3 is 0 Å². The van der Waals surface area contributed by atoms with Gasteiger partial charge in [0.25, 0.3) is 0 Å². The Morgan fingerprint density at radius 2 is 2.07 bits per heavy atom. The van der Waals surface area contributed by atoms with Crippen LogP contribution in [0.25, 0.3) is 16.9 Å². The summed E-state index contributed by atoms with van der Waals surface area (Å²) in [5.74, 6) is -0.221. The Balaban J connectivity index is 1.78. The van der Waals surface area contributed by atoms with Crippen molar-refractivity contribution in [3.8, 4) is 22.7 Å². The number of carbonyl (C=O) groups is 1. The van der Waals surface area contributed by atoms with Crippen LogP contribution in [0.15, 0.2) is 48.7 Å². The second kappa shape index (κ2) is 8.28. The molecule has 6 nitrogen and oxygen atoms in total. The van der Waals surface area contributed by atoms with Crippen LogP contribution in [0, 0.1) is 12.7 Å². The Labute approximate surface area is 175 Å². The smallest absolute Gasteiger partial charge is 0.237 e. The Morgan fingerprint density at radius 3 is 2.80 bits per heavy atom. The van der Waals surface area contributed by atoms with Crippen molar-refractivity contribution in [3.63, 3.8) is 0 Å². The lowest BCUT2D eigenvalue weighted by Crippen LogP contribution is -2.53. The molecule has 0 radical (unpaired) electrons. The molecule has 1 aliphatic heterocycles. The number of halogens is 1. The molecule has 2 aromatic carbocycles. The van der Waals surface area contributed by atoms with Gasteiger partial charge in [0.15, 0.2) is 11.6 Å². The number of carbonyl (C=O) groups excluding carboxylic acids is 1. The van der Waals surface area contributed by atoms with Gasteiger partial charge in [0.2, 0.25) is 5.91 Å². The molecule has 156 valence electrons. The monoisotopic (exact) mass is 408 g/mol. The third kappa shape index (κ3) is 3.80. The van der Waals surface area contributed by atoms with E-state index in [-0.39, 0.29) is 17.7 Å². The van der Waals surface area contributed by atoms with Crippen LogP contribution in [0.2, 0.25) is 0 Å². The lowest BCUT2D eigenvalue weighted by molar-refractivity contribution is -0.128. The standard InChI is InChI=1S/C23H25FN4O2/c1-15-6-4-5-7-20(15)28-14-18(13-27-11-10-25-23(29)16(27)2)22(26-28)17-8-9-21(30-3)19(24)12-17/h4-9,12,14,16H,10-11,13H2,1-3H3,(H,25,29). The Kier molecular flexibility index (Phi) is 5.55. The van der Waals surface area contributed by atoms with Gasteiger partial charge in [0.1, 0.15) is 0 Å². The summed E-state index contributed by atoms with van der Waals surface area (Å²) in [6.07, 6.45) is 1.97. The number of rotatable bonds is 5. The number of hydrogen-bond acceptors (Lipinski definition) is 4. The maximum atomic E-state index is 14.4. The van der Waals surface area contributed by atoms with Gasteiger partial charge in [-0.05, 0) is 43.7 Å². The van der Waals surface area contributed by atoms with E-state index in [0.29, 0.717) is 24.3 Å². The number of hydrogen-bond donors (Lipinski definition) is 1. The molecule has 30 heavy (non-hydrogen) atoms. The molecule has 0 saturated carbocycles. The van der Waals surface area contributed by atoms with E-state index in [9.17, 15) is 9.18 Å². The Bertz CT molecular complexity index is 1080. The molecule has 2 heterocycles. The minimum Gasteiger partial charge on any atom is -0.494 e. The summed E-state index contributed by atoms with van der Waals surface area (Å²) in [6.45, 7) is 5.83. The van der Waals surface area contributed by atoms with Gasteiger partial charge in [0.05, 0.1) is 24.5 Å². The molecule has 4 rings (SSSR count). The zero-order valence-electron chi connectivity index (χ0n) is 17.4. The fourth-order valence-corrected chi connectivity index (χ4v) is 3.79. The fraction of sp³-hybridized carbons (Fsp3) is 0.304. The molecule has 7 heteroatoms. The van der Waals surface area contributed by atoms with Crippen molar-refractivity contribution in [2.45, 2.75) is 26.4 Å². The highest BCUT2D eigenvalue weighted by molar-refractivity contribution is 5.82. The summed E-state index contributed by atoms with van der Waals surface area (Å²) >= 11 is 0. The number of ether oxygens (including phenoxy) is 1. The van der Waals surface area contributed by atoms with Crippen LogP contribution in [0.4, 0.5) is 4.39 Å². The minimum atomic E-state index is -0.433. The average molecular weight is 408 g/mol. The number of nitrogens with zero attached hydrogens (tertiary/aromatic N) is 3. The lowest BCUT2D eigenvalue weighted by atomic mass is 10.1. The van der Waals surface area contributed by atoms with Crippen LogP contribution in [0.3, 0.4) is 0 Å². The van der Waals surface area contributed by atoms with E-state index in [0.717, 1.165) is 23.4 Å². The Hall–Kier alpha value is -3.19. The third-order valence-electron chi connectivity index (χ3n) is 5.58. The molecule has 1 unspecified atom stereocenters. The van der Waals surface area contributed by atoms with E-state index in [1.165, 1.54) is 13.2 Å². The van der Waals surface area contributed by atoms with E-state index < -0.39 is 5.82 Å². The highest BCUT2D eigenvalue weighted by atomic mass is 19.1. The van der Waals surface area contributed by atoms with Gasteiger partial charge in [-0.15, -0.1) is 0 Å². The van der Waals surface area contributed by atoms with Crippen molar-refractivity contribution in [1.29, 1.82) is 0 Å². The Morgan fingerprint density at radius 1 is 1.27 bits per heavy atom. The van der Waals surface area contributed by atoms with Crippen molar-refractivity contribution in [2.75, 3.05) is 20.2 Å². The summed E-state index contributed by atoms with van der Waals surface area (Å²) in [6, 6.07) is 12.6. The van der Waals surface area contributed by atoms with Crippen molar-refractivity contribution < 1.29 is 13.9 Å². The van der Waals surface area contributed by atoms with Crippen molar-refractivity contribution >= 4 is 5.91 Å². The molecule has 3 aromatic rings. The number of aryl methyl sites for hydroxylation is 1. The first-order valence-electron chi connectivity index (χ1n) is 9.98. The summed E-state index contributed by atoms with van der Waals surface area (Å²) in [5, 5.41) is 7.69. The third-order valence-corrected chi connectivity index (χ3v) is 5.58. The van der Waals surface area contributed by atoms with Crippen LogP contribution in [0.1, 0.15) is 18.1 Å². The van der Waals surface area contributed by atoms with Crippen LogP contribution in [-0.4, -0.2) is 46.8 Å². The number of amides is 1. The van der Waals surface area contributed by atoms with E-state index in [2.05, 4.69) is 10.2 Å². The van der Waals surface area contributed by atoms with Crippen LogP contribution in [-0.2, 0) is 11.3 Å². The minimum absolute atomic E-state index is 0.0181. The number of benzene rings is 2. The number of nitrogens with one attached hydrogen (secondary N) is 1. The second-order valence-electron chi connectivity index (χ2n) is 7.52. The van der Waals surface area contributed by atoms with E-state index >= 15 is 0 Å². The van der Waals surface area contributed by atoms with Gasteiger partial charge in [-0.2, -0.15) is 5.10 Å². The molecule has 0 spiro atoms. The topological polar surface area (TPSA) is 59.4 Å². The van der Waals surface area contributed by atoms with Gasteiger partial charge in [-0.1, -0.05) is 18.2 Å². The van der Waals surface area contributed by atoms with E-state index in [1.54, 1.807) is 6.07 Å². The number of para-hydroxylation sites is 1. The maximum Gasteiger partial charge on any atom is 0.237 e. The number of methoxy groups -OCH3 is 1. The quantitative estimate of drug-likeness (QED) is 0.704. The molecule has 1 fully saturated rings. The van der Waals surface area contributed by atoms with Crippen LogP contribution in [0.5, 0.6) is 5.75 Å². The first-order valence-corrected chi connectivity index (χ1v) is 9.98. The first-order chi connectivity index (χ1) is 14.5. The summed E-state index contributed by atoms with van der Waals surface area (Å²) in [7, 11) is 1.44. The largest absolute Gasteiger partial charge is 0.494 e. The summed E-state index contributed by atoms with van der Waals surface area (Å²) < 4.78 is 21.3. The highest BCUT2D eigenvalue weighted by Crippen LogP contribution is 2.29. The first kappa shape index (κ1) is 20.1. The number of aromatic nitrogens is 2. The molecule has 0 aliphatic carbocycles. The molecule has 1 aromatic heterocycles. The zero-order valence-corrected chi connectivity index (χ0v) is 17.4. The lowest BCUT2D eigenvalue weighted by Gasteiger charge is -2.32. The van der Waals surface area contributed by atoms with Gasteiger partial charge in [0, 0.05) is 37.0 Å². The molecule has 1 aliphatic rings. The molecule has 1 saturated heterocycles. The SMILES string of the molecule is COc1ccc(-c2nn(-c3ccccc3C)cc2CN2CCNC(=O)C2C)cc1F. The van der Waals surface area contributed by atoms with Gasteiger partial charge in [-0.3, -0.25) is 9.69 Å². The molecule has 1 N–H and O–H groups in total. The van der Waals surface area contributed by atoms with Crippen molar-refractivity contribution in [3.05, 3.63) is 65.6 Å². The molecule has 1 atom stereocenters. The summed E-state index contributed by atoms with van der Waals surface area (Å²) in [4.78, 5) is 14.2. The second-order valence-corrected chi connectivity index (χ2v) is 7.52.